The molecular formula is C16H8BrClF2N2O3. The summed E-state index contributed by atoms with van der Waals surface area (Å²) in [5.74, 6) is -2.94. The standard InChI is InChI=1S/C16H8BrClF2N2O3/c17-9-3-1-2-8(4-9)15-21-14(25-22-15)7-24-16(23)10-5-12(19)13(20)6-11(10)18/h1-6H,7H2. The molecule has 2 aromatic carbocycles. The maximum absolute atomic E-state index is 13.2. The predicted octanol–water partition coefficient (Wildman–Crippen LogP) is 4.79. The number of esters is 1. The van der Waals surface area contributed by atoms with Gasteiger partial charge in [-0.3, -0.25) is 0 Å². The van der Waals surface area contributed by atoms with Crippen molar-refractivity contribution in [3.8, 4) is 11.4 Å². The van der Waals surface area contributed by atoms with Crippen LogP contribution in [0.2, 0.25) is 5.02 Å². The zero-order valence-electron chi connectivity index (χ0n) is 12.3. The molecule has 0 saturated heterocycles. The fraction of sp³-hybridized carbons (Fsp3) is 0.0625. The highest BCUT2D eigenvalue weighted by Crippen LogP contribution is 2.22. The Morgan fingerprint density at radius 1 is 1.24 bits per heavy atom. The monoisotopic (exact) mass is 428 g/mol. The number of halogens is 4. The summed E-state index contributed by atoms with van der Waals surface area (Å²) in [5, 5.41) is 3.53. The second kappa shape index (κ2) is 7.28. The lowest BCUT2D eigenvalue weighted by Gasteiger charge is -2.04. The van der Waals surface area contributed by atoms with E-state index in [9.17, 15) is 13.6 Å². The van der Waals surface area contributed by atoms with Crippen LogP contribution in [0.4, 0.5) is 8.78 Å². The van der Waals surface area contributed by atoms with Gasteiger partial charge in [-0.2, -0.15) is 4.98 Å². The minimum absolute atomic E-state index is 0.0435. The van der Waals surface area contributed by atoms with Gasteiger partial charge in [0.15, 0.2) is 18.2 Å². The number of hydrogen-bond donors (Lipinski definition) is 0. The van der Waals surface area contributed by atoms with Gasteiger partial charge in [0, 0.05) is 10.0 Å². The van der Waals surface area contributed by atoms with Crippen molar-refractivity contribution in [2.45, 2.75) is 6.61 Å². The lowest BCUT2D eigenvalue weighted by atomic mass is 10.2. The van der Waals surface area contributed by atoms with E-state index in [2.05, 4.69) is 26.1 Å². The molecule has 3 rings (SSSR count). The third kappa shape index (κ3) is 4.02. The highest BCUT2D eigenvalue weighted by atomic mass is 79.9. The zero-order valence-corrected chi connectivity index (χ0v) is 14.6. The number of rotatable bonds is 4. The number of nitrogens with zero attached hydrogens (tertiary/aromatic N) is 2. The van der Waals surface area contributed by atoms with Crippen molar-refractivity contribution in [1.82, 2.24) is 10.1 Å². The van der Waals surface area contributed by atoms with Gasteiger partial charge in [0.25, 0.3) is 5.89 Å². The first-order chi connectivity index (χ1) is 11.9. The molecular weight excluding hydrogens is 422 g/mol. The molecule has 0 bridgehead atoms. The molecule has 128 valence electrons. The van der Waals surface area contributed by atoms with Crippen LogP contribution in [0.5, 0.6) is 0 Å². The molecule has 0 radical (unpaired) electrons. The molecule has 0 atom stereocenters. The third-order valence-electron chi connectivity index (χ3n) is 3.11. The molecule has 1 heterocycles. The Labute approximate surface area is 153 Å². The zero-order chi connectivity index (χ0) is 18.0. The van der Waals surface area contributed by atoms with Gasteiger partial charge >= 0.3 is 5.97 Å². The highest BCUT2D eigenvalue weighted by molar-refractivity contribution is 9.10. The summed E-state index contributed by atoms with van der Waals surface area (Å²) < 4.78 is 37.0. The largest absolute Gasteiger partial charge is 0.452 e. The molecule has 9 heteroatoms. The first-order valence-electron chi connectivity index (χ1n) is 6.84. The number of carbonyl (C=O) groups excluding carboxylic acids is 1. The van der Waals surface area contributed by atoms with E-state index < -0.39 is 17.6 Å². The fourth-order valence-corrected chi connectivity index (χ4v) is 2.57. The normalized spacial score (nSPS) is 10.7. The molecule has 0 amide bonds. The van der Waals surface area contributed by atoms with Gasteiger partial charge in [-0.05, 0) is 24.3 Å². The second-order valence-electron chi connectivity index (χ2n) is 4.84. The number of aromatic nitrogens is 2. The van der Waals surface area contributed by atoms with Gasteiger partial charge in [0.1, 0.15) is 0 Å². The average molecular weight is 430 g/mol. The maximum atomic E-state index is 13.2. The SMILES string of the molecule is O=C(OCc1nc(-c2cccc(Br)c2)no1)c1cc(F)c(F)cc1Cl. The van der Waals surface area contributed by atoms with Gasteiger partial charge in [0.05, 0.1) is 10.6 Å². The van der Waals surface area contributed by atoms with E-state index in [1.807, 2.05) is 6.07 Å². The Bertz CT molecular complexity index is 949. The average Bonchev–Trinajstić information content (AvgIpc) is 3.05. The van der Waals surface area contributed by atoms with Gasteiger partial charge in [0.2, 0.25) is 5.82 Å². The second-order valence-corrected chi connectivity index (χ2v) is 6.17. The van der Waals surface area contributed by atoms with E-state index in [1.165, 1.54) is 0 Å². The maximum Gasteiger partial charge on any atom is 0.340 e. The Hall–Kier alpha value is -2.32. The van der Waals surface area contributed by atoms with Crippen molar-refractivity contribution in [1.29, 1.82) is 0 Å². The van der Waals surface area contributed by atoms with E-state index in [4.69, 9.17) is 20.9 Å². The van der Waals surface area contributed by atoms with Crippen LogP contribution >= 0.6 is 27.5 Å². The summed E-state index contributed by atoms with van der Waals surface area (Å²) in [5.41, 5.74) is 0.409. The molecule has 0 saturated carbocycles. The third-order valence-corrected chi connectivity index (χ3v) is 3.91. The van der Waals surface area contributed by atoms with E-state index >= 15 is 0 Å². The Morgan fingerprint density at radius 3 is 2.76 bits per heavy atom. The summed E-state index contributed by atoms with van der Waals surface area (Å²) in [6, 6.07) is 8.60. The van der Waals surface area contributed by atoms with E-state index in [0.29, 0.717) is 23.5 Å². The van der Waals surface area contributed by atoms with Crippen molar-refractivity contribution in [2.75, 3.05) is 0 Å². The van der Waals surface area contributed by atoms with Gasteiger partial charge < -0.3 is 9.26 Å². The van der Waals surface area contributed by atoms with E-state index in [1.54, 1.807) is 18.2 Å². The fourth-order valence-electron chi connectivity index (χ4n) is 1.94. The molecule has 3 aromatic rings. The Kier molecular flexibility index (Phi) is 5.10. The van der Waals surface area contributed by atoms with Crippen LogP contribution in [0.25, 0.3) is 11.4 Å². The molecule has 0 N–H and O–H groups in total. The molecule has 0 spiro atoms. The van der Waals surface area contributed by atoms with Gasteiger partial charge in [-0.15, -0.1) is 0 Å². The molecule has 25 heavy (non-hydrogen) atoms. The molecule has 5 nitrogen and oxygen atoms in total. The highest BCUT2D eigenvalue weighted by Gasteiger charge is 2.18. The molecule has 1 aromatic heterocycles. The minimum atomic E-state index is -1.20. The smallest absolute Gasteiger partial charge is 0.340 e. The van der Waals surface area contributed by atoms with Gasteiger partial charge in [-0.1, -0.05) is 44.8 Å². The molecule has 0 unspecified atom stereocenters. The minimum Gasteiger partial charge on any atom is -0.452 e. The van der Waals surface area contributed by atoms with Crippen LogP contribution in [0.15, 0.2) is 45.4 Å². The topological polar surface area (TPSA) is 65.2 Å². The van der Waals surface area contributed by atoms with Crippen LogP contribution in [0.1, 0.15) is 16.2 Å². The number of ether oxygens (including phenoxy) is 1. The van der Waals surface area contributed by atoms with Crippen molar-refractivity contribution < 1.29 is 22.8 Å². The lowest BCUT2D eigenvalue weighted by Crippen LogP contribution is -2.07. The van der Waals surface area contributed by atoms with Crippen LogP contribution < -0.4 is 0 Å². The first-order valence-corrected chi connectivity index (χ1v) is 8.01. The summed E-state index contributed by atoms with van der Waals surface area (Å²) >= 11 is 9.05. The summed E-state index contributed by atoms with van der Waals surface area (Å²) in [7, 11) is 0. The quantitative estimate of drug-likeness (QED) is 0.441. The van der Waals surface area contributed by atoms with Crippen molar-refractivity contribution in [2.24, 2.45) is 0 Å². The van der Waals surface area contributed by atoms with Crippen molar-refractivity contribution in [3.63, 3.8) is 0 Å². The number of carbonyl (C=O) groups is 1. The molecule has 0 aliphatic heterocycles. The summed E-state index contributed by atoms with van der Waals surface area (Å²) in [6.07, 6.45) is 0. The van der Waals surface area contributed by atoms with Crippen LogP contribution in [-0.4, -0.2) is 16.1 Å². The van der Waals surface area contributed by atoms with E-state index in [0.717, 1.165) is 4.47 Å². The first kappa shape index (κ1) is 17.5. The van der Waals surface area contributed by atoms with Crippen LogP contribution in [0, 0.1) is 11.6 Å². The Balaban J connectivity index is 1.70. The Morgan fingerprint density at radius 2 is 2.00 bits per heavy atom. The summed E-state index contributed by atoms with van der Waals surface area (Å²) in [6.45, 7) is -0.338. The molecule has 0 fully saturated rings. The van der Waals surface area contributed by atoms with Crippen LogP contribution in [-0.2, 0) is 11.3 Å². The van der Waals surface area contributed by atoms with E-state index in [-0.39, 0.29) is 23.1 Å². The van der Waals surface area contributed by atoms with Crippen molar-refractivity contribution in [3.05, 3.63) is 69.0 Å². The summed E-state index contributed by atoms with van der Waals surface area (Å²) in [4.78, 5) is 16.0. The van der Waals surface area contributed by atoms with Crippen molar-refractivity contribution >= 4 is 33.5 Å². The molecule has 0 aliphatic rings. The van der Waals surface area contributed by atoms with Gasteiger partial charge in [-0.25, -0.2) is 13.6 Å². The molecule has 0 aliphatic carbocycles. The number of hydrogen-bond acceptors (Lipinski definition) is 5. The lowest BCUT2D eigenvalue weighted by molar-refractivity contribution is 0.0429. The number of benzene rings is 2. The van der Waals surface area contributed by atoms with Crippen LogP contribution in [0.3, 0.4) is 0 Å². The predicted molar refractivity (Wildman–Crippen MR) is 87.9 cm³/mol.